The number of hydrogen-bond donors (Lipinski definition) is 3. The van der Waals surface area contributed by atoms with Crippen LogP contribution in [0.5, 0.6) is 0 Å². The van der Waals surface area contributed by atoms with Gasteiger partial charge < -0.3 is 10.6 Å². The fraction of sp³-hybridized carbons (Fsp3) is 0.240. The summed E-state index contributed by atoms with van der Waals surface area (Å²) in [7, 11) is 0. The Balaban J connectivity index is 1.28. The molecule has 3 aromatic rings. The molecule has 1 fully saturated rings. The zero-order chi connectivity index (χ0) is 26.3. The minimum atomic E-state index is -1.06. The van der Waals surface area contributed by atoms with Crippen molar-refractivity contribution in [3.05, 3.63) is 65.1 Å². The van der Waals surface area contributed by atoms with Crippen molar-refractivity contribution in [1.82, 2.24) is 25.5 Å². The van der Waals surface area contributed by atoms with Crippen molar-refractivity contribution < 1.29 is 24.0 Å². The Bertz CT molecular complexity index is 1450. The molecule has 37 heavy (non-hydrogen) atoms. The molecule has 6 amide bonds. The summed E-state index contributed by atoms with van der Waals surface area (Å²) in [4.78, 5) is 72.7. The number of rotatable bonds is 5. The third kappa shape index (κ3) is 4.58. The van der Waals surface area contributed by atoms with Crippen LogP contribution in [0.25, 0.3) is 10.4 Å². The molecule has 0 aliphatic carbocycles. The number of aromatic nitrogens is 2. The molecule has 12 heteroatoms. The zero-order valence-corrected chi connectivity index (χ0v) is 20.7. The first-order valence-electron chi connectivity index (χ1n) is 11.5. The smallest absolute Gasteiger partial charge is 0.319 e. The van der Waals surface area contributed by atoms with E-state index in [0.717, 1.165) is 15.3 Å². The molecule has 2 aliphatic heterocycles. The molecule has 2 aromatic heterocycles. The first kappa shape index (κ1) is 24.3. The molecule has 0 radical (unpaired) electrons. The third-order valence-corrected chi connectivity index (χ3v) is 7.48. The van der Waals surface area contributed by atoms with E-state index >= 15 is 0 Å². The van der Waals surface area contributed by atoms with Gasteiger partial charge in [-0.25, -0.2) is 9.78 Å². The van der Waals surface area contributed by atoms with E-state index in [2.05, 4.69) is 25.9 Å². The molecule has 2 aliphatic rings. The fourth-order valence-corrected chi connectivity index (χ4v) is 5.22. The second-order valence-electron chi connectivity index (χ2n) is 9.18. The maximum absolute atomic E-state index is 13.0. The molecule has 188 valence electrons. The van der Waals surface area contributed by atoms with Gasteiger partial charge in [0.15, 0.2) is 0 Å². The molecule has 1 atom stereocenters. The Morgan fingerprint density at radius 1 is 1.11 bits per heavy atom. The Kier molecular flexibility index (Phi) is 6.04. The molecule has 11 nitrogen and oxygen atoms in total. The highest BCUT2D eigenvalue weighted by atomic mass is 32.1. The number of anilines is 1. The molecule has 1 saturated heterocycles. The van der Waals surface area contributed by atoms with Crippen LogP contribution in [-0.2, 0) is 15.1 Å². The van der Waals surface area contributed by atoms with Gasteiger partial charge in [-0.1, -0.05) is 6.07 Å². The maximum atomic E-state index is 13.0. The summed E-state index contributed by atoms with van der Waals surface area (Å²) in [5.74, 6) is -2.38. The first-order valence-corrected chi connectivity index (χ1v) is 12.3. The molecule has 0 saturated carbocycles. The largest absolute Gasteiger partial charge is 0.326 e. The average Bonchev–Trinajstić information content (AvgIpc) is 3.45. The molecule has 4 heterocycles. The van der Waals surface area contributed by atoms with E-state index in [0.29, 0.717) is 10.7 Å². The van der Waals surface area contributed by atoms with Crippen LogP contribution in [0.2, 0.25) is 0 Å². The van der Waals surface area contributed by atoms with Gasteiger partial charge in [0.05, 0.1) is 21.5 Å². The SMILES string of the molecule is CC(C)(NC(=O)Nc1ccc2c(c1)C(=O)N(C1CCC(=O)NC1=O)C2=O)c1ncc(-c2cccnc2)s1. The number of hydrogen-bond acceptors (Lipinski definition) is 8. The zero-order valence-electron chi connectivity index (χ0n) is 19.9. The minimum absolute atomic E-state index is 0.0371. The molecule has 3 N–H and O–H groups in total. The van der Waals surface area contributed by atoms with Gasteiger partial charge in [0, 0.05) is 36.3 Å². The van der Waals surface area contributed by atoms with E-state index in [1.807, 2.05) is 26.0 Å². The molecule has 1 unspecified atom stereocenters. The predicted molar refractivity (Wildman–Crippen MR) is 134 cm³/mol. The first-order chi connectivity index (χ1) is 17.6. The monoisotopic (exact) mass is 518 g/mol. The summed E-state index contributed by atoms with van der Waals surface area (Å²) < 4.78 is 0. The van der Waals surface area contributed by atoms with Crippen molar-refractivity contribution in [3.8, 4) is 10.4 Å². The number of pyridine rings is 1. The summed E-state index contributed by atoms with van der Waals surface area (Å²) in [5.41, 5.74) is 0.628. The van der Waals surface area contributed by atoms with Crippen LogP contribution in [0, 0.1) is 0 Å². The number of carbonyl (C=O) groups is 5. The van der Waals surface area contributed by atoms with E-state index in [-0.39, 0.29) is 24.0 Å². The van der Waals surface area contributed by atoms with Crippen molar-refractivity contribution in [2.24, 2.45) is 0 Å². The van der Waals surface area contributed by atoms with Crippen LogP contribution in [0.1, 0.15) is 52.4 Å². The number of urea groups is 1. The van der Waals surface area contributed by atoms with Crippen molar-refractivity contribution in [2.45, 2.75) is 38.3 Å². The number of fused-ring (bicyclic) bond motifs is 1. The highest BCUT2D eigenvalue weighted by molar-refractivity contribution is 7.15. The van der Waals surface area contributed by atoms with Gasteiger partial charge >= 0.3 is 6.03 Å². The van der Waals surface area contributed by atoms with Crippen LogP contribution in [0.4, 0.5) is 10.5 Å². The van der Waals surface area contributed by atoms with Gasteiger partial charge in [-0.05, 0) is 44.5 Å². The van der Waals surface area contributed by atoms with Crippen LogP contribution in [0.15, 0.2) is 48.9 Å². The van der Waals surface area contributed by atoms with E-state index in [1.54, 1.807) is 18.6 Å². The number of piperidine rings is 1. The van der Waals surface area contributed by atoms with Crippen molar-refractivity contribution in [2.75, 3.05) is 5.32 Å². The van der Waals surface area contributed by atoms with Crippen molar-refractivity contribution in [3.63, 3.8) is 0 Å². The number of nitrogens with zero attached hydrogens (tertiary/aromatic N) is 3. The van der Waals surface area contributed by atoms with Gasteiger partial charge in [0.1, 0.15) is 11.0 Å². The van der Waals surface area contributed by atoms with E-state index in [4.69, 9.17) is 0 Å². The predicted octanol–water partition coefficient (Wildman–Crippen LogP) is 2.66. The molecule has 1 aromatic carbocycles. The second kappa shape index (κ2) is 9.21. The molecular weight excluding hydrogens is 496 g/mol. The lowest BCUT2D eigenvalue weighted by Crippen LogP contribution is -2.54. The van der Waals surface area contributed by atoms with Crippen LogP contribution >= 0.6 is 11.3 Å². The number of amides is 6. The van der Waals surface area contributed by atoms with Crippen LogP contribution in [0.3, 0.4) is 0 Å². The molecule has 5 rings (SSSR count). The topological polar surface area (TPSA) is 150 Å². The summed E-state index contributed by atoms with van der Waals surface area (Å²) in [6, 6.07) is 6.53. The van der Waals surface area contributed by atoms with Crippen molar-refractivity contribution >= 4 is 46.7 Å². The van der Waals surface area contributed by atoms with Gasteiger partial charge in [-0.2, -0.15) is 0 Å². The minimum Gasteiger partial charge on any atom is -0.326 e. The Hall–Kier alpha value is -4.45. The summed E-state index contributed by atoms with van der Waals surface area (Å²) >= 11 is 1.44. The lowest BCUT2D eigenvalue weighted by molar-refractivity contribution is -0.136. The fourth-order valence-electron chi connectivity index (χ4n) is 4.25. The number of nitrogens with one attached hydrogen (secondary N) is 3. The molecular formula is C25H22N6O5S. The normalized spacial score (nSPS) is 17.5. The highest BCUT2D eigenvalue weighted by Gasteiger charge is 2.44. The number of carbonyl (C=O) groups excluding carboxylic acids is 5. The lowest BCUT2D eigenvalue weighted by atomic mass is 10.0. The quantitative estimate of drug-likeness (QED) is 0.439. The standard InChI is InChI=1S/C25H22N6O5S/c1-25(2,23-27-12-18(37-23)13-4-3-9-26-11-13)30-24(36)28-14-5-6-15-16(10-14)22(35)31(21(15)34)17-7-8-19(32)29-20(17)33/h3-6,9-12,17H,7-8H2,1-2H3,(H2,28,30,36)(H,29,32,33). The lowest BCUT2D eigenvalue weighted by Gasteiger charge is -2.27. The van der Waals surface area contributed by atoms with Gasteiger partial charge in [0.25, 0.3) is 11.8 Å². The maximum Gasteiger partial charge on any atom is 0.319 e. The number of imide groups is 2. The summed E-state index contributed by atoms with van der Waals surface area (Å²) in [5, 5.41) is 8.42. The highest BCUT2D eigenvalue weighted by Crippen LogP contribution is 2.32. The van der Waals surface area contributed by atoms with E-state index in [9.17, 15) is 24.0 Å². The van der Waals surface area contributed by atoms with E-state index in [1.165, 1.54) is 29.5 Å². The summed E-state index contributed by atoms with van der Waals surface area (Å²) in [6.45, 7) is 3.64. The van der Waals surface area contributed by atoms with Gasteiger partial charge in [0.2, 0.25) is 11.8 Å². The molecule has 0 bridgehead atoms. The third-order valence-electron chi connectivity index (χ3n) is 6.11. The Morgan fingerprint density at radius 2 is 1.89 bits per heavy atom. The van der Waals surface area contributed by atoms with Crippen LogP contribution in [-0.4, -0.2) is 50.6 Å². The second-order valence-corrected chi connectivity index (χ2v) is 10.2. The number of benzene rings is 1. The Labute approximate surface area is 215 Å². The van der Waals surface area contributed by atoms with Crippen molar-refractivity contribution in [1.29, 1.82) is 0 Å². The van der Waals surface area contributed by atoms with E-state index < -0.39 is 41.2 Å². The average molecular weight is 519 g/mol. The van der Waals surface area contributed by atoms with Crippen LogP contribution < -0.4 is 16.0 Å². The Morgan fingerprint density at radius 3 is 2.62 bits per heavy atom. The molecule has 0 spiro atoms. The van der Waals surface area contributed by atoms with Gasteiger partial charge in [-0.3, -0.25) is 34.4 Å². The number of thiazole rings is 1. The summed E-state index contributed by atoms with van der Waals surface area (Å²) in [6.07, 6.45) is 5.27. The van der Waals surface area contributed by atoms with Gasteiger partial charge in [-0.15, -0.1) is 11.3 Å².